The second-order valence-corrected chi connectivity index (χ2v) is 3.16. The number of methoxy groups -OCH3 is 1. The number of hydrogen-bond donors (Lipinski definition) is 1. The fraction of sp³-hybridized carbons (Fsp3) is 0.0909. The summed E-state index contributed by atoms with van der Waals surface area (Å²) in [7, 11) is 1.14. The van der Waals surface area contributed by atoms with E-state index in [2.05, 4.69) is 4.74 Å². The number of benzene rings is 1. The molecule has 1 rings (SSSR count). The van der Waals surface area contributed by atoms with Gasteiger partial charge in [0.1, 0.15) is 0 Å². The number of nitrogens with zero attached hydrogens (tertiary/aromatic N) is 1. The van der Waals surface area contributed by atoms with Crippen molar-refractivity contribution in [3.63, 3.8) is 0 Å². The molecule has 0 bridgehead atoms. The minimum atomic E-state index is -1.32. The average molecular weight is 251 g/mol. The number of carboxylic acid groups (broad SMARTS) is 1. The van der Waals surface area contributed by atoms with Crippen molar-refractivity contribution in [2.75, 3.05) is 7.11 Å². The van der Waals surface area contributed by atoms with Crippen LogP contribution in [0.2, 0.25) is 0 Å². The van der Waals surface area contributed by atoms with Crippen molar-refractivity contribution in [1.29, 1.82) is 0 Å². The zero-order valence-electron chi connectivity index (χ0n) is 9.32. The van der Waals surface area contributed by atoms with Gasteiger partial charge in [-0.3, -0.25) is 10.1 Å². The van der Waals surface area contributed by atoms with Gasteiger partial charge in [0.2, 0.25) is 0 Å². The Labute approximate surface area is 101 Å². The van der Waals surface area contributed by atoms with Crippen LogP contribution < -0.4 is 0 Å². The average Bonchev–Trinajstić information content (AvgIpc) is 2.34. The predicted octanol–water partition coefficient (Wildman–Crippen LogP) is 1.48. The Hall–Kier alpha value is -2.70. The maximum Gasteiger partial charge on any atom is 0.336 e. The van der Waals surface area contributed by atoms with E-state index in [1.165, 1.54) is 12.1 Å². The van der Waals surface area contributed by atoms with Crippen LogP contribution in [0.25, 0.3) is 6.08 Å². The molecular weight excluding hydrogens is 242 g/mol. The molecule has 0 heterocycles. The molecule has 1 N–H and O–H groups in total. The number of nitro groups is 1. The number of rotatable bonds is 4. The van der Waals surface area contributed by atoms with Crippen LogP contribution in [0.5, 0.6) is 0 Å². The van der Waals surface area contributed by atoms with Crippen molar-refractivity contribution < 1.29 is 24.4 Å². The van der Waals surface area contributed by atoms with E-state index in [1.807, 2.05) is 0 Å². The summed E-state index contributed by atoms with van der Waals surface area (Å²) in [5, 5.41) is 19.7. The first-order chi connectivity index (χ1) is 8.47. The summed E-state index contributed by atoms with van der Waals surface area (Å²) in [4.78, 5) is 31.9. The first-order valence-corrected chi connectivity index (χ1v) is 4.74. The lowest BCUT2D eigenvalue weighted by Gasteiger charge is -2.02. The number of esters is 1. The molecule has 0 saturated heterocycles. The highest BCUT2D eigenvalue weighted by atomic mass is 16.6. The summed E-state index contributed by atoms with van der Waals surface area (Å²) < 4.78 is 4.33. The van der Waals surface area contributed by atoms with Gasteiger partial charge in [-0.1, -0.05) is 6.07 Å². The maximum absolute atomic E-state index is 10.9. The Morgan fingerprint density at radius 1 is 1.44 bits per heavy atom. The predicted molar refractivity (Wildman–Crippen MR) is 61.1 cm³/mol. The first kappa shape index (κ1) is 13.4. The molecule has 0 fully saturated rings. The number of nitro benzene ring substituents is 1. The Kier molecular flexibility index (Phi) is 4.14. The fourth-order valence-electron chi connectivity index (χ4n) is 1.29. The van der Waals surface area contributed by atoms with Crippen molar-refractivity contribution in [1.82, 2.24) is 0 Å². The Balaban J connectivity index is 3.36. The Morgan fingerprint density at radius 2 is 2.11 bits per heavy atom. The molecule has 0 aliphatic heterocycles. The lowest BCUT2D eigenvalue weighted by atomic mass is 10.0. The molecule has 0 saturated carbocycles. The second-order valence-electron chi connectivity index (χ2n) is 3.16. The maximum atomic E-state index is 10.9. The zero-order chi connectivity index (χ0) is 13.7. The summed E-state index contributed by atoms with van der Waals surface area (Å²) in [5.74, 6) is -2.05. The van der Waals surface area contributed by atoms with Gasteiger partial charge in [0.15, 0.2) is 0 Å². The largest absolute Gasteiger partial charge is 0.478 e. The summed E-state index contributed by atoms with van der Waals surface area (Å²) >= 11 is 0. The molecule has 94 valence electrons. The fourth-order valence-corrected chi connectivity index (χ4v) is 1.29. The molecular formula is C11H9NO6. The summed E-state index contributed by atoms with van der Waals surface area (Å²) in [6.07, 6.45) is 1.97. The van der Waals surface area contributed by atoms with Gasteiger partial charge in [0.05, 0.1) is 23.2 Å². The molecule has 0 aromatic heterocycles. The van der Waals surface area contributed by atoms with Gasteiger partial charge >= 0.3 is 11.9 Å². The van der Waals surface area contributed by atoms with Crippen LogP contribution in [0.15, 0.2) is 24.3 Å². The van der Waals surface area contributed by atoms with Gasteiger partial charge in [0.25, 0.3) is 5.69 Å². The smallest absolute Gasteiger partial charge is 0.336 e. The monoisotopic (exact) mass is 251 g/mol. The van der Waals surface area contributed by atoms with Crippen LogP contribution in [-0.4, -0.2) is 29.1 Å². The lowest BCUT2D eigenvalue weighted by Crippen LogP contribution is -2.03. The zero-order valence-corrected chi connectivity index (χ0v) is 9.32. The summed E-state index contributed by atoms with van der Waals surface area (Å²) in [6.45, 7) is 0. The van der Waals surface area contributed by atoms with Crippen molar-refractivity contribution >= 4 is 23.7 Å². The van der Waals surface area contributed by atoms with Gasteiger partial charge in [-0.05, 0) is 12.1 Å². The number of ether oxygens (including phenoxy) is 1. The van der Waals surface area contributed by atoms with Crippen LogP contribution in [0.4, 0.5) is 5.69 Å². The van der Waals surface area contributed by atoms with E-state index in [9.17, 15) is 19.7 Å². The Morgan fingerprint density at radius 3 is 2.61 bits per heavy atom. The van der Waals surface area contributed by atoms with Crippen molar-refractivity contribution in [3.05, 3.63) is 45.5 Å². The number of hydrogen-bond acceptors (Lipinski definition) is 5. The Bertz CT molecular complexity index is 502. The van der Waals surface area contributed by atoms with E-state index in [-0.39, 0.29) is 11.1 Å². The number of carboxylic acids is 1. The third-order valence-corrected chi connectivity index (χ3v) is 2.10. The first-order valence-electron chi connectivity index (χ1n) is 4.74. The van der Waals surface area contributed by atoms with Crippen molar-refractivity contribution in [2.45, 2.75) is 0 Å². The quantitative estimate of drug-likeness (QED) is 0.376. The molecule has 0 amide bonds. The molecule has 7 nitrogen and oxygen atoms in total. The van der Waals surface area contributed by atoms with Crippen LogP contribution in [-0.2, 0) is 9.53 Å². The van der Waals surface area contributed by atoms with Gasteiger partial charge in [-0.2, -0.15) is 0 Å². The van der Waals surface area contributed by atoms with E-state index in [0.29, 0.717) is 0 Å². The summed E-state index contributed by atoms with van der Waals surface area (Å²) in [6, 6.07) is 3.63. The molecule has 0 aliphatic rings. The minimum Gasteiger partial charge on any atom is -0.478 e. The van der Waals surface area contributed by atoms with Crippen LogP contribution in [0.3, 0.4) is 0 Å². The van der Waals surface area contributed by atoms with Gasteiger partial charge in [0, 0.05) is 12.1 Å². The van der Waals surface area contributed by atoms with E-state index in [4.69, 9.17) is 5.11 Å². The molecule has 0 aliphatic carbocycles. The molecule has 7 heteroatoms. The highest BCUT2D eigenvalue weighted by molar-refractivity contribution is 5.96. The van der Waals surface area contributed by atoms with Crippen molar-refractivity contribution in [2.24, 2.45) is 0 Å². The molecule has 0 spiro atoms. The third-order valence-electron chi connectivity index (χ3n) is 2.10. The number of carbonyl (C=O) groups excluding carboxylic acids is 1. The van der Waals surface area contributed by atoms with E-state index >= 15 is 0 Å². The highest BCUT2D eigenvalue weighted by Gasteiger charge is 2.19. The number of aromatic carboxylic acids is 1. The van der Waals surface area contributed by atoms with Crippen LogP contribution in [0.1, 0.15) is 15.9 Å². The lowest BCUT2D eigenvalue weighted by molar-refractivity contribution is -0.385. The number of carbonyl (C=O) groups is 2. The standard InChI is InChI=1S/C11H9NO6/c1-18-10(13)6-5-7-8(11(14)15)3-2-4-9(7)12(16)17/h2-6H,1H3,(H,14,15). The van der Waals surface area contributed by atoms with E-state index in [0.717, 1.165) is 25.3 Å². The van der Waals surface area contributed by atoms with E-state index in [1.54, 1.807) is 0 Å². The molecule has 0 radical (unpaired) electrons. The van der Waals surface area contributed by atoms with Crippen LogP contribution in [0, 0.1) is 10.1 Å². The molecule has 1 aromatic rings. The molecule has 18 heavy (non-hydrogen) atoms. The third kappa shape index (κ3) is 2.91. The van der Waals surface area contributed by atoms with Crippen LogP contribution >= 0.6 is 0 Å². The van der Waals surface area contributed by atoms with Gasteiger partial charge < -0.3 is 9.84 Å². The van der Waals surface area contributed by atoms with E-state index < -0.39 is 22.5 Å². The molecule has 0 atom stereocenters. The minimum absolute atomic E-state index is 0.152. The second kappa shape index (κ2) is 5.58. The summed E-state index contributed by atoms with van der Waals surface area (Å²) in [5.41, 5.74) is -0.806. The normalized spacial score (nSPS) is 10.3. The van der Waals surface area contributed by atoms with Crippen molar-refractivity contribution in [3.8, 4) is 0 Å². The SMILES string of the molecule is COC(=O)C=Cc1c(C(=O)O)cccc1[N+](=O)[O-]. The van der Waals surface area contributed by atoms with Gasteiger partial charge in [-0.15, -0.1) is 0 Å². The van der Waals surface area contributed by atoms with Gasteiger partial charge in [-0.25, -0.2) is 9.59 Å². The molecule has 1 aromatic carbocycles. The highest BCUT2D eigenvalue weighted by Crippen LogP contribution is 2.23. The topological polar surface area (TPSA) is 107 Å². The molecule has 0 unspecified atom stereocenters.